The third-order valence-electron chi connectivity index (χ3n) is 5.92. The molecule has 30 heavy (non-hydrogen) atoms. The number of aryl methyl sites for hydroxylation is 1. The highest BCUT2D eigenvalue weighted by Gasteiger charge is 2.20. The van der Waals surface area contributed by atoms with Gasteiger partial charge in [-0.3, -0.25) is 14.9 Å². The number of hydrogen-bond acceptors (Lipinski definition) is 5. The van der Waals surface area contributed by atoms with Crippen LogP contribution in [-0.2, 0) is 6.42 Å². The molecule has 0 bridgehead atoms. The van der Waals surface area contributed by atoms with Gasteiger partial charge >= 0.3 is 0 Å². The van der Waals surface area contributed by atoms with E-state index in [4.69, 9.17) is 16.3 Å². The van der Waals surface area contributed by atoms with Crippen molar-refractivity contribution >= 4 is 40.1 Å². The van der Waals surface area contributed by atoms with Crippen LogP contribution >= 0.6 is 11.6 Å². The molecule has 0 amide bonds. The molecule has 0 radical (unpaired) electrons. The lowest BCUT2D eigenvalue weighted by molar-refractivity contribution is 0.261. The maximum atomic E-state index is 6.40. The Hall–Kier alpha value is -2.63. The maximum absolute atomic E-state index is 6.40. The number of aliphatic imine (C=N–C) groups is 1. The van der Waals surface area contributed by atoms with Gasteiger partial charge in [-0.2, -0.15) is 0 Å². The van der Waals surface area contributed by atoms with Crippen LogP contribution in [0.2, 0.25) is 5.02 Å². The first-order valence-electron chi connectivity index (χ1n) is 10.5. The maximum Gasteiger partial charge on any atom is 0.145 e. The van der Waals surface area contributed by atoms with Crippen molar-refractivity contribution in [3.63, 3.8) is 0 Å². The average molecular weight is 421 g/mol. The number of piperazine rings is 1. The normalized spacial score (nSPS) is 16.5. The monoisotopic (exact) mass is 420 g/mol. The third kappa shape index (κ3) is 3.87. The fourth-order valence-corrected chi connectivity index (χ4v) is 4.45. The fourth-order valence-electron chi connectivity index (χ4n) is 4.25. The summed E-state index contributed by atoms with van der Waals surface area (Å²) in [5.74, 6) is 0.884. The number of halogens is 1. The number of aromatic nitrogens is 1. The highest BCUT2D eigenvalue weighted by Crippen LogP contribution is 2.32. The van der Waals surface area contributed by atoms with Gasteiger partial charge in [0, 0.05) is 55.7 Å². The molecule has 0 spiro atoms. The Morgan fingerprint density at radius 2 is 1.90 bits per heavy atom. The van der Waals surface area contributed by atoms with Gasteiger partial charge in [-0.1, -0.05) is 17.7 Å². The number of benzene rings is 2. The van der Waals surface area contributed by atoms with E-state index < -0.39 is 0 Å². The molecule has 2 aromatic carbocycles. The number of pyridine rings is 1. The summed E-state index contributed by atoms with van der Waals surface area (Å²) in [6.07, 6.45) is 2.85. The zero-order chi connectivity index (χ0) is 20.5. The van der Waals surface area contributed by atoms with Gasteiger partial charge in [0.15, 0.2) is 0 Å². The molecular weight excluding hydrogens is 396 g/mol. The van der Waals surface area contributed by atoms with Crippen molar-refractivity contribution in [2.24, 2.45) is 4.99 Å². The molecule has 5 nitrogen and oxygen atoms in total. The van der Waals surface area contributed by atoms with Gasteiger partial charge in [-0.05, 0) is 55.3 Å². The largest absolute Gasteiger partial charge is 0.486 e. The molecule has 2 aliphatic heterocycles. The highest BCUT2D eigenvalue weighted by molar-refractivity contribution is 6.35. The van der Waals surface area contributed by atoms with E-state index in [0.717, 1.165) is 72.2 Å². The molecule has 1 fully saturated rings. The summed E-state index contributed by atoms with van der Waals surface area (Å²) in [5, 5.41) is 1.86. The summed E-state index contributed by atoms with van der Waals surface area (Å²) in [4.78, 5) is 14.1. The number of hydrogen-bond donors (Lipinski definition) is 0. The van der Waals surface area contributed by atoms with Crippen LogP contribution in [0.25, 0.3) is 10.9 Å². The minimum absolute atomic E-state index is 0.565. The van der Waals surface area contributed by atoms with Gasteiger partial charge in [-0.25, -0.2) is 0 Å². The molecule has 6 heteroatoms. The number of rotatable bonds is 4. The molecule has 5 rings (SSSR count). The Bertz CT molecular complexity index is 1110. The van der Waals surface area contributed by atoms with Crippen molar-refractivity contribution in [3.05, 3.63) is 58.7 Å². The van der Waals surface area contributed by atoms with Crippen LogP contribution in [0.15, 0.2) is 47.5 Å². The second-order valence-electron chi connectivity index (χ2n) is 7.92. The topological polar surface area (TPSA) is 41.0 Å². The van der Waals surface area contributed by atoms with Gasteiger partial charge in [0.1, 0.15) is 18.0 Å². The Balaban J connectivity index is 1.23. The molecule has 0 saturated carbocycles. The summed E-state index contributed by atoms with van der Waals surface area (Å²) in [5.41, 5.74) is 5.38. The van der Waals surface area contributed by atoms with Crippen molar-refractivity contribution in [1.29, 1.82) is 0 Å². The summed E-state index contributed by atoms with van der Waals surface area (Å²) < 4.78 is 5.59. The smallest absolute Gasteiger partial charge is 0.145 e. The SMILES string of the molecule is Cc1ccc2c(N3CCN(CCc4ccc5c(c4)N=CCO5)CC3)ccc(Cl)c2n1. The fraction of sp³-hybridized carbons (Fsp3) is 0.333. The van der Waals surface area contributed by atoms with E-state index in [1.54, 1.807) is 0 Å². The van der Waals surface area contributed by atoms with Crippen LogP contribution in [0.4, 0.5) is 11.4 Å². The van der Waals surface area contributed by atoms with Crippen LogP contribution in [-0.4, -0.2) is 55.4 Å². The molecule has 154 valence electrons. The van der Waals surface area contributed by atoms with Crippen LogP contribution in [0.1, 0.15) is 11.3 Å². The van der Waals surface area contributed by atoms with E-state index in [1.165, 1.54) is 11.3 Å². The molecule has 0 N–H and O–H groups in total. The summed E-state index contributed by atoms with van der Waals surface area (Å²) in [6.45, 7) is 7.74. The molecule has 0 aliphatic carbocycles. The van der Waals surface area contributed by atoms with E-state index in [-0.39, 0.29) is 0 Å². The Kier molecular flexibility index (Phi) is 5.32. The van der Waals surface area contributed by atoms with E-state index in [1.807, 2.05) is 25.3 Å². The van der Waals surface area contributed by atoms with Gasteiger partial charge in [-0.15, -0.1) is 0 Å². The van der Waals surface area contributed by atoms with Crippen LogP contribution in [0, 0.1) is 6.92 Å². The first-order chi connectivity index (χ1) is 14.7. The molecular formula is C24H25ClN4O. The highest BCUT2D eigenvalue weighted by atomic mass is 35.5. The summed E-state index contributed by atoms with van der Waals surface area (Å²) >= 11 is 6.40. The van der Waals surface area contributed by atoms with E-state index in [9.17, 15) is 0 Å². The van der Waals surface area contributed by atoms with Gasteiger partial charge in [0.25, 0.3) is 0 Å². The van der Waals surface area contributed by atoms with Gasteiger partial charge in [0.05, 0.1) is 10.5 Å². The van der Waals surface area contributed by atoms with Crippen molar-refractivity contribution < 1.29 is 4.74 Å². The van der Waals surface area contributed by atoms with Crippen molar-refractivity contribution in [2.75, 3.05) is 44.2 Å². The molecule has 3 aromatic rings. The standard InChI is InChI=1S/C24H25ClN4O/c1-17-2-4-19-22(6-5-20(25)24(19)27-17)29-13-11-28(12-14-29)10-8-18-3-7-23-21(16-18)26-9-15-30-23/h2-7,9,16H,8,10-15H2,1H3. The molecule has 2 aliphatic rings. The Morgan fingerprint density at radius 1 is 1.03 bits per heavy atom. The Morgan fingerprint density at radius 3 is 2.77 bits per heavy atom. The molecule has 0 atom stereocenters. The van der Waals surface area contributed by atoms with E-state index >= 15 is 0 Å². The van der Waals surface area contributed by atoms with Crippen LogP contribution < -0.4 is 9.64 Å². The molecule has 3 heterocycles. The zero-order valence-electron chi connectivity index (χ0n) is 17.1. The zero-order valence-corrected chi connectivity index (χ0v) is 17.9. The lowest BCUT2D eigenvalue weighted by Crippen LogP contribution is -2.47. The van der Waals surface area contributed by atoms with Crippen molar-refractivity contribution in [1.82, 2.24) is 9.88 Å². The summed E-state index contributed by atoms with van der Waals surface area (Å²) in [7, 11) is 0. The summed E-state index contributed by atoms with van der Waals surface area (Å²) in [6, 6.07) is 14.7. The minimum atomic E-state index is 0.565. The molecule has 1 aromatic heterocycles. The third-order valence-corrected chi connectivity index (χ3v) is 6.23. The Labute approximate surface area is 181 Å². The van der Waals surface area contributed by atoms with Crippen molar-refractivity contribution in [3.8, 4) is 5.75 Å². The minimum Gasteiger partial charge on any atom is -0.486 e. The quantitative estimate of drug-likeness (QED) is 0.615. The number of nitrogens with zero attached hydrogens (tertiary/aromatic N) is 4. The van der Waals surface area contributed by atoms with Crippen molar-refractivity contribution in [2.45, 2.75) is 13.3 Å². The molecule has 0 unspecified atom stereocenters. The van der Waals surface area contributed by atoms with Crippen LogP contribution in [0.5, 0.6) is 5.75 Å². The van der Waals surface area contributed by atoms with Gasteiger partial charge < -0.3 is 9.64 Å². The lowest BCUT2D eigenvalue weighted by Gasteiger charge is -2.36. The first-order valence-corrected chi connectivity index (χ1v) is 10.9. The number of ether oxygens (including phenoxy) is 1. The van der Waals surface area contributed by atoms with E-state index in [0.29, 0.717) is 6.61 Å². The number of fused-ring (bicyclic) bond motifs is 2. The molecule has 1 saturated heterocycles. The average Bonchev–Trinajstić information content (AvgIpc) is 2.78. The first kappa shape index (κ1) is 19.3. The second kappa shape index (κ2) is 8.25. The number of anilines is 1. The predicted octanol–water partition coefficient (Wildman–Crippen LogP) is 4.66. The van der Waals surface area contributed by atoms with Crippen LogP contribution in [0.3, 0.4) is 0 Å². The van der Waals surface area contributed by atoms with Gasteiger partial charge in [0.2, 0.25) is 0 Å². The second-order valence-corrected chi connectivity index (χ2v) is 8.33. The predicted molar refractivity (Wildman–Crippen MR) is 124 cm³/mol. The lowest BCUT2D eigenvalue weighted by atomic mass is 10.1. The van der Waals surface area contributed by atoms with E-state index in [2.05, 4.69) is 50.1 Å².